The van der Waals surface area contributed by atoms with Gasteiger partial charge >= 0.3 is 0 Å². The Morgan fingerprint density at radius 3 is 2.32 bits per heavy atom. The first-order valence-corrected chi connectivity index (χ1v) is 17.2. The first-order valence-electron chi connectivity index (χ1n) is 16.5. The summed E-state index contributed by atoms with van der Waals surface area (Å²) in [6, 6.07) is 16.0. The van der Waals surface area contributed by atoms with Gasteiger partial charge < -0.3 is 30.3 Å². The topological polar surface area (TPSA) is 140 Å². The smallest absolute Gasteiger partial charge is 0.260 e. The Labute approximate surface area is 317 Å². The summed E-state index contributed by atoms with van der Waals surface area (Å²) in [5.74, 6) is 0.155. The fourth-order valence-corrected chi connectivity index (χ4v) is 6.22. The number of hydrogen-bond acceptors (Lipinski definition) is 9. The molecule has 0 saturated carbocycles. The van der Waals surface area contributed by atoms with E-state index in [1.165, 1.54) is 26.4 Å². The van der Waals surface area contributed by atoms with Crippen LogP contribution in [-0.4, -0.2) is 66.1 Å². The van der Waals surface area contributed by atoms with Crippen molar-refractivity contribution in [2.45, 2.75) is 19.9 Å². The molecule has 0 aliphatic heterocycles. The number of aryl methyl sites for hydroxylation is 3. The number of halogens is 2. The number of hydrogen-bond donors (Lipinski definition) is 3. The summed E-state index contributed by atoms with van der Waals surface area (Å²) in [6.07, 6.45) is 6.48. The van der Waals surface area contributed by atoms with E-state index in [2.05, 4.69) is 27.5 Å². The van der Waals surface area contributed by atoms with E-state index in [0.29, 0.717) is 41.1 Å². The minimum Gasteiger partial charge on any atom is -0.495 e. The van der Waals surface area contributed by atoms with Crippen molar-refractivity contribution in [3.05, 3.63) is 117 Å². The van der Waals surface area contributed by atoms with Gasteiger partial charge in [-0.05, 0) is 68.9 Å². The molecule has 0 aliphatic rings. The molecule has 2 amide bonds. The number of nitrogens with zero attached hydrogens (tertiary/aromatic N) is 4. The van der Waals surface area contributed by atoms with Gasteiger partial charge in [-0.2, -0.15) is 4.98 Å². The van der Waals surface area contributed by atoms with Crippen molar-refractivity contribution in [3.8, 4) is 22.6 Å². The number of amides is 2. The van der Waals surface area contributed by atoms with Crippen LogP contribution < -0.4 is 31.0 Å². The minimum absolute atomic E-state index is 0.142. The lowest BCUT2D eigenvalue weighted by Gasteiger charge is -2.18. The molecule has 5 aromatic rings. The number of benzene rings is 3. The summed E-state index contributed by atoms with van der Waals surface area (Å²) in [6.45, 7) is 6.20. The third kappa shape index (κ3) is 9.04. The number of rotatable bonds is 14. The van der Waals surface area contributed by atoms with Crippen molar-refractivity contribution in [3.63, 3.8) is 0 Å². The zero-order valence-corrected chi connectivity index (χ0v) is 31.4. The molecular weight excluding hydrogens is 717 g/mol. The molecule has 2 aromatic heterocycles. The van der Waals surface area contributed by atoms with Gasteiger partial charge in [-0.25, -0.2) is 4.98 Å². The minimum atomic E-state index is -0.413. The molecule has 0 fully saturated rings. The molecule has 0 atom stereocenters. The molecule has 12 nitrogen and oxygen atoms in total. The van der Waals surface area contributed by atoms with Crippen LogP contribution in [0, 0.1) is 6.92 Å². The molecule has 0 spiro atoms. The van der Waals surface area contributed by atoms with E-state index in [4.69, 9.17) is 37.7 Å². The lowest BCUT2D eigenvalue weighted by molar-refractivity contribution is -0.112. The van der Waals surface area contributed by atoms with Crippen molar-refractivity contribution in [1.82, 2.24) is 19.4 Å². The second-order valence-corrected chi connectivity index (χ2v) is 12.9. The van der Waals surface area contributed by atoms with Gasteiger partial charge in [0.15, 0.2) is 0 Å². The maximum Gasteiger partial charge on any atom is 0.260 e. The number of methoxy groups -OCH3 is 2. The predicted molar refractivity (Wildman–Crippen MR) is 212 cm³/mol. The molecule has 3 aromatic carbocycles. The van der Waals surface area contributed by atoms with Gasteiger partial charge in [-0.3, -0.25) is 19.0 Å². The van der Waals surface area contributed by atoms with Gasteiger partial charge in [-0.1, -0.05) is 60.1 Å². The van der Waals surface area contributed by atoms with Crippen molar-refractivity contribution in [2.24, 2.45) is 0 Å². The highest BCUT2D eigenvalue weighted by Gasteiger charge is 2.23. The Balaban J connectivity index is 1.59. The van der Waals surface area contributed by atoms with Gasteiger partial charge in [0.1, 0.15) is 17.1 Å². The number of pyridine rings is 1. The van der Waals surface area contributed by atoms with E-state index in [1.807, 2.05) is 50.2 Å². The largest absolute Gasteiger partial charge is 0.495 e. The molecule has 0 aliphatic carbocycles. The summed E-state index contributed by atoms with van der Waals surface area (Å²) < 4.78 is 12.5. The molecule has 5 rings (SSSR count). The van der Waals surface area contributed by atoms with E-state index in [-0.39, 0.29) is 57.0 Å². The normalized spacial score (nSPS) is 11.2. The fourth-order valence-electron chi connectivity index (χ4n) is 5.51. The Hall–Kier alpha value is -5.69. The van der Waals surface area contributed by atoms with Crippen molar-refractivity contribution >= 4 is 69.1 Å². The highest BCUT2D eigenvalue weighted by Crippen LogP contribution is 2.45. The van der Waals surface area contributed by atoms with Crippen LogP contribution in [0.4, 0.5) is 23.0 Å². The molecular formula is C39H39Cl2N7O5. The van der Waals surface area contributed by atoms with Gasteiger partial charge in [0.2, 0.25) is 17.8 Å². The van der Waals surface area contributed by atoms with Crippen molar-refractivity contribution in [1.29, 1.82) is 0 Å². The van der Waals surface area contributed by atoms with Gasteiger partial charge in [0, 0.05) is 48.1 Å². The molecule has 53 heavy (non-hydrogen) atoms. The molecule has 3 N–H and O–H groups in total. The second-order valence-electron chi connectivity index (χ2n) is 12.2. The van der Waals surface area contributed by atoms with Crippen molar-refractivity contribution in [2.75, 3.05) is 50.8 Å². The zero-order valence-electron chi connectivity index (χ0n) is 29.9. The van der Waals surface area contributed by atoms with Gasteiger partial charge in [0.25, 0.3) is 5.56 Å². The summed E-state index contributed by atoms with van der Waals surface area (Å²) in [7, 11) is 6.75. The number of nitrogens with one attached hydrogen (secondary N) is 3. The van der Waals surface area contributed by atoms with E-state index in [1.54, 1.807) is 47.2 Å². The average molecular weight is 757 g/mol. The van der Waals surface area contributed by atoms with Crippen LogP contribution in [0.15, 0.2) is 90.4 Å². The predicted octanol–water partition coefficient (Wildman–Crippen LogP) is 7.26. The third-order valence-electron chi connectivity index (χ3n) is 8.21. The number of carbonyl (C=O) groups is 2. The summed E-state index contributed by atoms with van der Waals surface area (Å²) >= 11 is 13.6. The van der Waals surface area contributed by atoms with Crippen LogP contribution in [0.1, 0.15) is 11.1 Å². The zero-order chi connectivity index (χ0) is 38.2. The maximum atomic E-state index is 14.5. The third-order valence-corrected chi connectivity index (χ3v) is 8.96. The summed E-state index contributed by atoms with van der Waals surface area (Å²) in [5, 5.41) is 9.72. The molecule has 0 radical (unpaired) electrons. The Morgan fingerprint density at radius 2 is 1.68 bits per heavy atom. The van der Waals surface area contributed by atoms with Gasteiger partial charge in [-0.15, -0.1) is 0 Å². The van der Waals surface area contributed by atoms with Crippen molar-refractivity contribution < 1.29 is 19.1 Å². The summed E-state index contributed by atoms with van der Waals surface area (Å²) in [4.78, 5) is 50.4. The number of carbonyl (C=O) groups excluding carboxylic acids is 2. The maximum absolute atomic E-state index is 14.5. The van der Waals surface area contributed by atoms with Gasteiger partial charge in [0.05, 0.1) is 41.2 Å². The SMILES string of the molecule is C=CC(=O)Nc1ccc(CCn2c(=O)c(-c3c(Cl)c(OC)cc(OC)c3Cl)cc3cnc(Nc4c(C)cccc4NC(=O)/C=C/CN(C)C)nc32)cc1. The number of ether oxygens (including phenoxy) is 2. The average Bonchev–Trinajstić information content (AvgIpc) is 3.13. The Bertz CT molecular complexity index is 2240. The van der Waals surface area contributed by atoms with Crippen LogP contribution in [0.5, 0.6) is 11.5 Å². The summed E-state index contributed by atoms with van der Waals surface area (Å²) in [5.41, 5.74) is 3.85. The number of anilines is 4. The van der Waals surface area contributed by atoms with E-state index in [9.17, 15) is 14.4 Å². The second kappa shape index (κ2) is 17.2. The van der Waals surface area contributed by atoms with Crippen LogP contribution in [0.25, 0.3) is 22.2 Å². The number of likely N-dealkylation sites (N-methyl/N-ethyl adjacent to an activating group) is 1. The van der Waals surface area contributed by atoms with Crippen LogP contribution in [0.2, 0.25) is 10.0 Å². The van der Waals surface area contributed by atoms with E-state index >= 15 is 0 Å². The molecule has 2 heterocycles. The number of para-hydroxylation sites is 1. The molecule has 0 saturated heterocycles. The van der Waals surface area contributed by atoms with Crippen LogP contribution in [-0.2, 0) is 22.6 Å². The first-order chi connectivity index (χ1) is 25.4. The molecule has 0 unspecified atom stereocenters. The lowest BCUT2D eigenvalue weighted by atomic mass is 10.0. The monoisotopic (exact) mass is 755 g/mol. The van der Waals surface area contributed by atoms with E-state index in [0.717, 1.165) is 11.1 Å². The fraction of sp³-hybridized carbons (Fsp3) is 0.205. The molecule has 14 heteroatoms. The lowest BCUT2D eigenvalue weighted by Crippen LogP contribution is -2.24. The number of fused-ring (bicyclic) bond motifs is 1. The van der Waals surface area contributed by atoms with Crippen LogP contribution >= 0.6 is 23.2 Å². The highest BCUT2D eigenvalue weighted by atomic mass is 35.5. The highest BCUT2D eigenvalue weighted by molar-refractivity contribution is 6.41. The van der Waals surface area contributed by atoms with Crippen LogP contribution in [0.3, 0.4) is 0 Å². The Kier molecular flexibility index (Phi) is 12.5. The standard InChI is InChI=1S/C39H39Cl2N7O5/c1-7-31(49)43-26-15-13-24(14-16-26)17-19-48-37-25(20-27(38(48)51)33-34(40)29(52-5)21-30(53-6)35(33)41)22-42-39(46-37)45-36-23(2)10-8-11-28(36)44-32(50)12-9-18-47(3)4/h7-16,20-22H,1,17-19H2,2-6H3,(H,43,49)(H,44,50)(H,42,45,46)/b12-9+. The quantitative estimate of drug-likeness (QED) is 0.100. The molecule has 0 bridgehead atoms. The first kappa shape index (κ1) is 38.5. The van der Waals surface area contributed by atoms with E-state index < -0.39 is 5.56 Å². The molecule has 274 valence electrons. The Morgan fingerprint density at radius 1 is 0.981 bits per heavy atom. The number of aromatic nitrogens is 3.